The summed E-state index contributed by atoms with van der Waals surface area (Å²) in [5.41, 5.74) is 3.61. The van der Waals surface area contributed by atoms with Crippen LogP contribution in [0.25, 0.3) is 11.1 Å². The monoisotopic (exact) mass is 338 g/mol. The summed E-state index contributed by atoms with van der Waals surface area (Å²) in [6.45, 7) is 9.45. The van der Waals surface area contributed by atoms with E-state index in [0.717, 1.165) is 22.4 Å². The minimum Gasteiger partial charge on any atom is -0.591 e. The molecule has 0 aliphatic heterocycles. The van der Waals surface area contributed by atoms with Crippen molar-refractivity contribution in [2.24, 2.45) is 4.40 Å². The third kappa shape index (κ3) is 3.72. The molecular weight excluding hydrogens is 320 g/mol. The van der Waals surface area contributed by atoms with Gasteiger partial charge < -0.3 is 9.08 Å². The summed E-state index contributed by atoms with van der Waals surface area (Å²) in [7, 11) is 0. The Hall–Kier alpha value is -1.30. The zero-order valence-corrected chi connectivity index (χ0v) is 14.9. The molecule has 0 radical (unpaired) electrons. The highest BCUT2D eigenvalue weighted by atomic mass is 35.5. The molecule has 1 aromatic carbocycles. The second-order valence-electron chi connectivity index (χ2n) is 6.06. The Morgan fingerprint density at radius 1 is 1.32 bits per heavy atom. The molecule has 0 spiro atoms. The van der Waals surface area contributed by atoms with Crippen LogP contribution in [0.4, 0.5) is 0 Å². The fraction of sp³-hybridized carbons (Fsp3) is 0.375. The molecule has 0 amide bonds. The first kappa shape index (κ1) is 17.1. The van der Waals surface area contributed by atoms with Crippen molar-refractivity contribution < 1.29 is 9.08 Å². The second-order valence-corrected chi connectivity index (χ2v) is 8.43. The Balaban J connectivity index is 2.43. The molecule has 6 heteroatoms. The van der Waals surface area contributed by atoms with E-state index in [9.17, 15) is 4.55 Å². The van der Waals surface area contributed by atoms with Crippen molar-refractivity contribution in [1.82, 2.24) is 5.16 Å². The molecule has 0 aliphatic carbocycles. The molecule has 2 rings (SSSR count). The molecule has 0 saturated heterocycles. The number of aryl methyl sites for hydroxylation is 2. The van der Waals surface area contributed by atoms with Crippen molar-refractivity contribution in [3.8, 4) is 11.1 Å². The zero-order valence-electron chi connectivity index (χ0n) is 13.3. The predicted molar refractivity (Wildman–Crippen MR) is 91.9 cm³/mol. The van der Waals surface area contributed by atoms with Gasteiger partial charge in [0.25, 0.3) is 0 Å². The number of benzene rings is 1. The van der Waals surface area contributed by atoms with E-state index in [1.165, 1.54) is 6.21 Å². The van der Waals surface area contributed by atoms with Gasteiger partial charge in [-0.1, -0.05) is 27.2 Å². The average Bonchev–Trinajstić information content (AvgIpc) is 2.76. The Morgan fingerprint density at radius 2 is 2.00 bits per heavy atom. The van der Waals surface area contributed by atoms with Crippen LogP contribution in [0.3, 0.4) is 0 Å². The van der Waals surface area contributed by atoms with Crippen molar-refractivity contribution in [2.45, 2.75) is 39.4 Å². The van der Waals surface area contributed by atoms with Crippen LogP contribution in [0.15, 0.2) is 27.1 Å². The Morgan fingerprint density at radius 3 is 2.59 bits per heavy atom. The lowest BCUT2D eigenvalue weighted by Crippen LogP contribution is -2.25. The molecule has 1 heterocycles. The van der Waals surface area contributed by atoms with E-state index in [0.29, 0.717) is 10.8 Å². The van der Waals surface area contributed by atoms with Crippen LogP contribution in [-0.2, 0) is 11.4 Å². The lowest BCUT2D eigenvalue weighted by molar-refractivity contribution is 0.410. The van der Waals surface area contributed by atoms with Gasteiger partial charge in [-0.05, 0) is 57.9 Å². The molecule has 1 atom stereocenters. The van der Waals surface area contributed by atoms with Crippen molar-refractivity contribution >= 4 is 29.2 Å². The minimum atomic E-state index is -1.34. The molecule has 118 valence electrons. The van der Waals surface area contributed by atoms with E-state index < -0.39 is 16.1 Å². The van der Waals surface area contributed by atoms with Gasteiger partial charge in [-0.25, -0.2) is 0 Å². The lowest BCUT2D eigenvalue weighted by Gasteiger charge is -2.17. The number of halogens is 1. The maximum atomic E-state index is 12.0. The van der Waals surface area contributed by atoms with E-state index in [1.54, 1.807) is 0 Å². The molecule has 0 unspecified atom stereocenters. The zero-order chi connectivity index (χ0) is 16.5. The number of hydrogen-bond acceptors (Lipinski definition) is 4. The van der Waals surface area contributed by atoms with Crippen molar-refractivity contribution in [2.75, 3.05) is 0 Å². The molecule has 0 aliphatic rings. The summed E-state index contributed by atoms with van der Waals surface area (Å²) in [5, 5.41) is 4.68. The molecule has 0 N–H and O–H groups in total. The van der Waals surface area contributed by atoms with Crippen molar-refractivity contribution in [3.63, 3.8) is 0 Å². The van der Waals surface area contributed by atoms with Crippen molar-refractivity contribution in [1.29, 1.82) is 0 Å². The van der Waals surface area contributed by atoms with E-state index in [2.05, 4.69) is 9.55 Å². The maximum absolute atomic E-state index is 12.0. The second kappa shape index (κ2) is 6.44. The molecule has 0 bridgehead atoms. The number of aromatic nitrogens is 1. The number of hydrogen-bond donors (Lipinski definition) is 0. The summed E-state index contributed by atoms with van der Waals surface area (Å²) in [5.74, 6) is 0.500. The first-order valence-electron chi connectivity index (χ1n) is 6.89. The molecule has 2 aromatic rings. The topological polar surface area (TPSA) is 61.5 Å². The van der Waals surface area contributed by atoms with Gasteiger partial charge in [0.15, 0.2) is 5.76 Å². The number of rotatable bonds is 3. The van der Waals surface area contributed by atoms with E-state index in [4.69, 9.17) is 16.1 Å². The largest absolute Gasteiger partial charge is 0.591 e. The summed E-state index contributed by atoms with van der Waals surface area (Å²) >= 11 is 4.66. The third-order valence-electron chi connectivity index (χ3n) is 3.14. The summed E-state index contributed by atoms with van der Waals surface area (Å²) < 4.78 is 21.1. The van der Waals surface area contributed by atoms with Gasteiger partial charge >= 0.3 is 0 Å². The van der Waals surface area contributed by atoms with Crippen LogP contribution in [0.1, 0.15) is 37.8 Å². The molecule has 0 fully saturated rings. The highest BCUT2D eigenvalue weighted by molar-refractivity contribution is 7.91. The van der Waals surface area contributed by atoms with Crippen LogP contribution < -0.4 is 0 Å². The normalized spacial score (nSPS) is 13.8. The molecular formula is C16H19ClN2O2S. The van der Waals surface area contributed by atoms with Gasteiger partial charge in [0.05, 0.1) is 11.3 Å². The minimum absolute atomic E-state index is 0.415. The molecule has 4 nitrogen and oxygen atoms in total. The quantitative estimate of drug-likeness (QED) is 0.611. The SMILES string of the molecule is Cc1cc(Cl)ccc1-c1c(C)noc1/C=N/[S@@+]([O-])C(C)(C)C. The standard InChI is InChI=1S/C16H19ClN2O2S/c1-10-8-12(17)6-7-13(10)15-11(2)19-21-14(15)9-18-22(20)16(3,4)5/h6-9H,1-5H3/b18-9+/t22-/m0/s1. The first-order chi connectivity index (χ1) is 10.2. The van der Waals surface area contributed by atoms with E-state index in [-0.39, 0.29) is 0 Å². The van der Waals surface area contributed by atoms with Crippen LogP contribution in [0, 0.1) is 13.8 Å². The van der Waals surface area contributed by atoms with Crippen LogP contribution in [0.5, 0.6) is 0 Å². The highest BCUT2D eigenvalue weighted by Crippen LogP contribution is 2.31. The van der Waals surface area contributed by atoms with Crippen LogP contribution in [-0.4, -0.2) is 20.7 Å². The summed E-state index contributed by atoms with van der Waals surface area (Å²) in [6.07, 6.45) is 1.49. The lowest BCUT2D eigenvalue weighted by atomic mass is 9.99. The van der Waals surface area contributed by atoms with Crippen LogP contribution >= 0.6 is 11.6 Å². The van der Waals surface area contributed by atoms with Gasteiger partial charge in [0.2, 0.25) is 0 Å². The average molecular weight is 339 g/mol. The van der Waals surface area contributed by atoms with E-state index in [1.807, 2.05) is 52.8 Å². The Kier molecular flexibility index (Phi) is 5.00. The van der Waals surface area contributed by atoms with Gasteiger partial charge in [0, 0.05) is 5.02 Å². The predicted octanol–water partition coefficient (Wildman–Crippen LogP) is 4.49. The third-order valence-corrected chi connectivity index (χ3v) is 4.72. The Labute approximate surface area is 138 Å². The van der Waals surface area contributed by atoms with Crippen molar-refractivity contribution in [3.05, 3.63) is 40.2 Å². The van der Waals surface area contributed by atoms with Crippen LogP contribution in [0.2, 0.25) is 5.02 Å². The smallest absolute Gasteiger partial charge is 0.190 e. The molecule has 0 saturated carbocycles. The maximum Gasteiger partial charge on any atom is 0.190 e. The van der Waals surface area contributed by atoms with Gasteiger partial charge in [-0.3, -0.25) is 0 Å². The molecule has 22 heavy (non-hydrogen) atoms. The van der Waals surface area contributed by atoms with Gasteiger partial charge in [0.1, 0.15) is 22.3 Å². The fourth-order valence-corrected chi connectivity index (χ4v) is 2.70. The Bertz CT molecular complexity index is 705. The summed E-state index contributed by atoms with van der Waals surface area (Å²) in [4.78, 5) is 0. The van der Waals surface area contributed by atoms with Gasteiger partial charge in [-0.15, -0.1) is 0 Å². The fourth-order valence-electron chi connectivity index (χ4n) is 1.96. The summed E-state index contributed by atoms with van der Waals surface area (Å²) in [6, 6.07) is 5.64. The number of nitrogens with zero attached hydrogens (tertiary/aromatic N) is 2. The highest BCUT2D eigenvalue weighted by Gasteiger charge is 2.26. The van der Waals surface area contributed by atoms with E-state index >= 15 is 0 Å². The van der Waals surface area contributed by atoms with Gasteiger partial charge in [-0.2, -0.15) is 0 Å². The molecule has 1 aromatic heterocycles. The first-order valence-corrected chi connectivity index (χ1v) is 8.37.